The third kappa shape index (κ3) is 4.29. The number of carbonyl (C=O) groups excluding carboxylic acids is 1. The normalized spacial score (nSPS) is 13.9. The Kier molecular flexibility index (Phi) is 7.01. The van der Waals surface area contributed by atoms with E-state index in [1.807, 2.05) is 18.2 Å². The standard InChI is InChI=1S/C19H32O2Si/c1-14(2)22(15(3)4,16(5)6)21-19(17(7)20)13-18-11-9-8-10-12-18/h8-12,14-16,19H,13H2,1-7H3. The second-order valence-corrected chi connectivity index (χ2v) is 12.6. The van der Waals surface area contributed by atoms with Crippen molar-refractivity contribution in [3.8, 4) is 0 Å². The molecule has 1 atom stereocenters. The van der Waals surface area contributed by atoms with Gasteiger partial charge in [0.1, 0.15) is 6.10 Å². The molecule has 0 amide bonds. The molecule has 2 nitrogen and oxygen atoms in total. The molecule has 1 rings (SSSR count). The Hall–Kier alpha value is -0.933. The van der Waals surface area contributed by atoms with E-state index >= 15 is 0 Å². The number of benzene rings is 1. The minimum Gasteiger partial charge on any atom is -0.406 e. The Balaban J connectivity index is 3.07. The highest BCUT2D eigenvalue weighted by atomic mass is 28.4. The minimum absolute atomic E-state index is 0.141. The topological polar surface area (TPSA) is 26.3 Å². The number of carbonyl (C=O) groups is 1. The minimum atomic E-state index is -2.03. The first-order valence-corrected chi connectivity index (χ1v) is 10.6. The molecule has 0 bridgehead atoms. The van der Waals surface area contributed by atoms with Crippen LogP contribution in [0, 0.1) is 0 Å². The van der Waals surface area contributed by atoms with Crippen molar-refractivity contribution in [2.45, 2.75) is 77.6 Å². The molecule has 124 valence electrons. The maximum Gasteiger partial charge on any atom is 0.201 e. The number of hydrogen-bond donors (Lipinski definition) is 0. The lowest BCUT2D eigenvalue weighted by Crippen LogP contribution is -2.51. The van der Waals surface area contributed by atoms with Crippen molar-refractivity contribution in [2.75, 3.05) is 0 Å². The molecular weight excluding hydrogens is 288 g/mol. The second-order valence-electron chi connectivity index (χ2n) is 7.22. The van der Waals surface area contributed by atoms with Gasteiger partial charge in [0.2, 0.25) is 8.32 Å². The van der Waals surface area contributed by atoms with Gasteiger partial charge in [-0.3, -0.25) is 4.79 Å². The van der Waals surface area contributed by atoms with Crippen LogP contribution in [0.15, 0.2) is 30.3 Å². The summed E-state index contributed by atoms with van der Waals surface area (Å²) in [5.74, 6) is 0.141. The lowest BCUT2D eigenvalue weighted by atomic mass is 10.1. The molecule has 1 unspecified atom stereocenters. The van der Waals surface area contributed by atoms with Gasteiger partial charge in [-0.1, -0.05) is 71.9 Å². The first-order valence-electron chi connectivity index (χ1n) is 8.44. The van der Waals surface area contributed by atoms with Crippen molar-refractivity contribution in [2.24, 2.45) is 0 Å². The third-order valence-electron chi connectivity index (χ3n) is 4.77. The molecular formula is C19H32O2Si. The molecule has 1 aromatic rings. The van der Waals surface area contributed by atoms with Gasteiger partial charge in [0.05, 0.1) is 0 Å². The summed E-state index contributed by atoms with van der Waals surface area (Å²) in [4.78, 5) is 12.2. The Morgan fingerprint density at radius 3 is 1.77 bits per heavy atom. The van der Waals surface area contributed by atoms with E-state index in [1.54, 1.807) is 6.92 Å². The Morgan fingerprint density at radius 2 is 1.41 bits per heavy atom. The van der Waals surface area contributed by atoms with E-state index in [-0.39, 0.29) is 11.9 Å². The average molecular weight is 321 g/mol. The summed E-state index contributed by atoms with van der Waals surface area (Å²) in [6.45, 7) is 15.2. The van der Waals surface area contributed by atoms with Crippen LogP contribution in [0.3, 0.4) is 0 Å². The monoisotopic (exact) mass is 320 g/mol. The van der Waals surface area contributed by atoms with Gasteiger partial charge < -0.3 is 4.43 Å². The summed E-state index contributed by atoms with van der Waals surface area (Å²) in [5, 5.41) is 0. The zero-order valence-electron chi connectivity index (χ0n) is 15.2. The van der Waals surface area contributed by atoms with Crippen LogP contribution >= 0.6 is 0 Å². The maximum atomic E-state index is 12.2. The second kappa shape index (κ2) is 8.07. The van der Waals surface area contributed by atoms with Crippen LogP contribution in [0.4, 0.5) is 0 Å². The number of rotatable bonds is 8. The Morgan fingerprint density at radius 1 is 0.955 bits per heavy atom. The molecule has 0 radical (unpaired) electrons. The molecule has 1 aromatic carbocycles. The van der Waals surface area contributed by atoms with Gasteiger partial charge in [-0.2, -0.15) is 0 Å². The number of ketones is 1. The zero-order valence-corrected chi connectivity index (χ0v) is 16.2. The van der Waals surface area contributed by atoms with E-state index in [9.17, 15) is 4.79 Å². The SMILES string of the molecule is CC(=O)C(Cc1ccccc1)O[Si](C(C)C)(C(C)C)C(C)C. The molecule has 0 aliphatic rings. The van der Waals surface area contributed by atoms with Gasteiger partial charge in [0, 0.05) is 6.42 Å². The highest BCUT2D eigenvalue weighted by Gasteiger charge is 2.47. The van der Waals surface area contributed by atoms with E-state index in [0.717, 1.165) is 0 Å². The van der Waals surface area contributed by atoms with E-state index in [4.69, 9.17) is 4.43 Å². The van der Waals surface area contributed by atoms with Gasteiger partial charge in [-0.15, -0.1) is 0 Å². The number of hydrogen-bond acceptors (Lipinski definition) is 2. The fourth-order valence-corrected chi connectivity index (χ4v) is 9.31. The van der Waals surface area contributed by atoms with Crippen LogP contribution in [0.1, 0.15) is 54.0 Å². The van der Waals surface area contributed by atoms with E-state index in [1.165, 1.54) is 5.56 Å². The van der Waals surface area contributed by atoms with Gasteiger partial charge in [0.25, 0.3) is 0 Å². The molecule has 0 heterocycles. The van der Waals surface area contributed by atoms with Crippen molar-refractivity contribution in [1.82, 2.24) is 0 Å². The van der Waals surface area contributed by atoms with Gasteiger partial charge in [0.15, 0.2) is 5.78 Å². The Labute approximate surface area is 137 Å². The smallest absolute Gasteiger partial charge is 0.201 e. The summed E-state index contributed by atoms with van der Waals surface area (Å²) in [6.07, 6.45) is 0.359. The van der Waals surface area contributed by atoms with Gasteiger partial charge in [-0.25, -0.2) is 0 Å². The summed E-state index contributed by atoms with van der Waals surface area (Å²) < 4.78 is 6.68. The predicted molar refractivity (Wildman–Crippen MR) is 96.7 cm³/mol. The fraction of sp³-hybridized carbons (Fsp3) is 0.632. The fourth-order valence-electron chi connectivity index (χ4n) is 3.75. The zero-order chi connectivity index (χ0) is 16.9. The summed E-state index contributed by atoms with van der Waals surface area (Å²) in [7, 11) is -2.03. The van der Waals surface area contributed by atoms with E-state index in [0.29, 0.717) is 23.0 Å². The highest BCUT2D eigenvalue weighted by Crippen LogP contribution is 2.43. The van der Waals surface area contributed by atoms with Gasteiger partial charge >= 0.3 is 0 Å². The third-order valence-corrected chi connectivity index (χ3v) is 10.9. The van der Waals surface area contributed by atoms with Crippen LogP contribution < -0.4 is 0 Å². The molecule has 3 heteroatoms. The first-order chi connectivity index (χ1) is 10.2. The molecule has 22 heavy (non-hydrogen) atoms. The molecule has 0 spiro atoms. The van der Waals surface area contributed by atoms with Gasteiger partial charge in [-0.05, 0) is 29.1 Å². The van der Waals surface area contributed by atoms with Crippen molar-refractivity contribution >= 4 is 14.1 Å². The van der Waals surface area contributed by atoms with Crippen molar-refractivity contribution in [1.29, 1.82) is 0 Å². The molecule has 0 fully saturated rings. The lowest BCUT2D eigenvalue weighted by Gasteiger charge is -2.44. The van der Waals surface area contributed by atoms with E-state index < -0.39 is 8.32 Å². The molecule has 0 aliphatic carbocycles. The van der Waals surface area contributed by atoms with Crippen LogP contribution in [-0.4, -0.2) is 20.2 Å². The molecule has 0 aromatic heterocycles. The molecule has 0 N–H and O–H groups in total. The largest absolute Gasteiger partial charge is 0.406 e. The van der Waals surface area contributed by atoms with Crippen molar-refractivity contribution in [3.63, 3.8) is 0 Å². The van der Waals surface area contributed by atoms with Crippen LogP contribution in [0.25, 0.3) is 0 Å². The average Bonchev–Trinajstić information content (AvgIpc) is 2.42. The van der Waals surface area contributed by atoms with Crippen LogP contribution in [0.2, 0.25) is 16.6 Å². The molecule has 0 aliphatic heterocycles. The maximum absolute atomic E-state index is 12.2. The summed E-state index contributed by atoms with van der Waals surface area (Å²) in [6, 6.07) is 10.2. The van der Waals surface area contributed by atoms with Crippen molar-refractivity contribution in [3.05, 3.63) is 35.9 Å². The summed E-state index contributed by atoms with van der Waals surface area (Å²) >= 11 is 0. The van der Waals surface area contributed by atoms with Crippen LogP contribution in [0.5, 0.6) is 0 Å². The quantitative estimate of drug-likeness (QED) is 0.601. The molecule has 0 saturated heterocycles. The first kappa shape index (κ1) is 19.1. The predicted octanol–water partition coefficient (Wildman–Crippen LogP) is 5.38. The highest BCUT2D eigenvalue weighted by molar-refractivity contribution is 6.77. The summed E-state index contributed by atoms with van der Waals surface area (Å²) in [5.41, 5.74) is 2.64. The molecule has 0 saturated carbocycles. The van der Waals surface area contributed by atoms with E-state index in [2.05, 4.69) is 53.7 Å². The Bertz CT molecular complexity index is 444. The number of Topliss-reactive ketones (excluding diaryl/α,β-unsaturated/α-hetero) is 1. The lowest BCUT2D eigenvalue weighted by molar-refractivity contribution is -0.124. The van der Waals surface area contributed by atoms with Crippen LogP contribution in [-0.2, 0) is 15.6 Å². The van der Waals surface area contributed by atoms with Crippen molar-refractivity contribution < 1.29 is 9.22 Å².